The maximum absolute atomic E-state index is 11.9. The van der Waals surface area contributed by atoms with Gasteiger partial charge in [0.2, 0.25) is 5.91 Å². The summed E-state index contributed by atoms with van der Waals surface area (Å²) in [7, 11) is 0. The minimum atomic E-state index is 0.0883. The van der Waals surface area contributed by atoms with Crippen LogP contribution in [-0.4, -0.2) is 36.5 Å². The highest BCUT2D eigenvalue weighted by molar-refractivity contribution is 5.79. The van der Waals surface area contributed by atoms with Gasteiger partial charge in [-0.15, -0.1) is 0 Å². The number of aryl methyl sites for hydroxylation is 1. The van der Waals surface area contributed by atoms with Crippen LogP contribution in [0.15, 0.2) is 24.3 Å². The number of amides is 1. The molecule has 104 valence electrons. The van der Waals surface area contributed by atoms with E-state index in [0.717, 1.165) is 12.3 Å². The van der Waals surface area contributed by atoms with Gasteiger partial charge in [-0.25, -0.2) is 0 Å². The fraction of sp³-hybridized carbons (Fsp3) is 0.533. The van der Waals surface area contributed by atoms with Gasteiger partial charge in [-0.1, -0.05) is 17.7 Å². The van der Waals surface area contributed by atoms with Crippen molar-refractivity contribution in [1.82, 2.24) is 4.90 Å². The highest BCUT2D eigenvalue weighted by atomic mass is 16.5. The van der Waals surface area contributed by atoms with E-state index in [1.54, 1.807) is 0 Å². The molecule has 4 heteroatoms. The molecule has 1 amide bonds. The quantitative estimate of drug-likeness (QED) is 0.876. The fourth-order valence-electron chi connectivity index (χ4n) is 2.33. The number of benzene rings is 1. The number of carbonyl (C=O) groups is 1. The predicted octanol–water partition coefficient (Wildman–Crippen LogP) is 1.57. The lowest BCUT2D eigenvalue weighted by molar-refractivity contribution is -0.129. The number of nitrogens with zero attached hydrogens (tertiary/aromatic N) is 1. The van der Waals surface area contributed by atoms with Gasteiger partial charge in [-0.2, -0.15) is 0 Å². The Balaban J connectivity index is 1.86. The summed E-state index contributed by atoms with van der Waals surface area (Å²) in [6, 6.07) is 8.04. The second-order valence-corrected chi connectivity index (χ2v) is 5.33. The molecule has 0 aromatic heterocycles. The van der Waals surface area contributed by atoms with Crippen LogP contribution in [0.5, 0.6) is 5.75 Å². The van der Waals surface area contributed by atoms with E-state index in [9.17, 15) is 4.79 Å². The lowest BCUT2D eigenvalue weighted by atomic mass is 10.1. The first-order valence-electron chi connectivity index (χ1n) is 6.79. The molecular formula is C15H22N2O2. The first-order chi connectivity index (χ1) is 9.10. The predicted molar refractivity (Wildman–Crippen MR) is 75.0 cm³/mol. The van der Waals surface area contributed by atoms with Crippen molar-refractivity contribution in [3.05, 3.63) is 29.8 Å². The monoisotopic (exact) mass is 262 g/mol. The number of hydrogen-bond acceptors (Lipinski definition) is 3. The average molecular weight is 262 g/mol. The van der Waals surface area contributed by atoms with Crippen LogP contribution in [0.4, 0.5) is 0 Å². The summed E-state index contributed by atoms with van der Waals surface area (Å²) in [5, 5.41) is 0. The second-order valence-electron chi connectivity index (χ2n) is 5.33. The molecule has 2 atom stereocenters. The van der Waals surface area contributed by atoms with Crippen molar-refractivity contribution in [3.63, 3.8) is 0 Å². The molecule has 1 aliphatic heterocycles. The normalized spacial score (nSPS) is 20.7. The van der Waals surface area contributed by atoms with E-state index < -0.39 is 0 Å². The number of ether oxygens (including phenoxy) is 1. The summed E-state index contributed by atoms with van der Waals surface area (Å²) in [4.78, 5) is 13.7. The fourth-order valence-corrected chi connectivity index (χ4v) is 2.33. The minimum Gasteiger partial charge on any atom is -0.491 e. The Morgan fingerprint density at radius 2 is 2.11 bits per heavy atom. The highest BCUT2D eigenvalue weighted by Gasteiger charge is 2.31. The van der Waals surface area contributed by atoms with Crippen LogP contribution in [-0.2, 0) is 4.79 Å². The van der Waals surface area contributed by atoms with Gasteiger partial charge in [0.1, 0.15) is 12.4 Å². The number of nitrogens with two attached hydrogens (primary N) is 1. The van der Waals surface area contributed by atoms with Gasteiger partial charge in [0.25, 0.3) is 0 Å². The van der Waals surface area contributed by atoms with Crippen molar-refractivity contribution < 1.29 is 9.53 Å². The Labute approximate surface area is 114 Å². The van der Waals surface area contributed by atoms with Gasteiger partial charge in [-0.3, -0.25) is 4.79 Å². The minimum absolute atomic E-state index is 0.0883. The zero-order chi connectivity index (χ0) is 13.8. The number of carbonyl (C=O) groups excluding carboxylic acids is 1. The maximum Gasteiger partial charge on any atom is 0.223 e. The lowest BCUT2D eigenvalue weighted by Gasteiger charge is -2.24. The van der Waals surface area contributed by atoms with E-state index in [1.807, 2.05) is 43.0 Å². The number of likely N-dealkylation sites (tertiary alicyclic amines) is 1. The smallest absolute Gasteiger partial charge is 0.223 e. The van der Waals surface area contributed by atoms with Crippen molar-refractivity contribution in [3.8, 4) is 5.75 Å². The Hall–Kier alpha value is -1.55. The van der Waals surface area contributed by atoms with Crippen LogP contribution in [0, 0.1) is 12.8 Å². The van der Waals surface area contributed by atoms with Crippen LogP contribution in [0.3, 0.4) is 0 Å². The zero-order valence-electron chi connectivity index (χ0n) is 11.6. The molecule has 4 nitrogen and oxygen atoms in total. The largest absolute Gasteiger partial charge is 0.491 e. The molecule has 1 aliphatic rings. The molecule has 1 saturated heterocycles. The van der Waals surface area contributed by atoms with Gasteiger partial charge < -0.3 is 15.4 Å². The maximum atomic E-state index is 11.9. The molecule has 0 bridgehead atoms. The van der Waals surface area contributed by atoms with Crippen LogP contribution in [0.25, 0.3) is 0 Å². The van der Waals surface area contributed by atoms with E-state index in [2.05, 4.69) is 0 Å². The van der Waals surface area contributed by atoms with Crippen molar-refractivity contribution in [2.24, 2.45) is 11.7 Å². The summed E-state index contributed by atoms with van der Waals surface area (Å²) >= 11 is 0. The van der Waals surface area contributed by atoms with Gasteiger partial charge in [0.15, 0.2) is 0 Å². The Morgan fingerprint density at radius 1 is 1.42 bits per heavy atom. The molecule has 2 rings (SSSR count). The molecule has 0 aliphatic carbocycles. The van der Waals surface area contributed by atoms with Gasteiger partial charge >= 0.3 is 0 Å². The molecule has 0 spiro atoms. The Bertz CT molecular complexity index is 430. The first kappa shape index (κ1) is 13.9. The third-order valence-electron chi connectivity index (χ3n) is 3.62. The summed E-state index contributed by atoms with van der Waals surface area (Å²) in [6.45, 7) is 5.92. The summed E-state index contributed by atoms with van der Waals surface area (Å²) < 4.78 is 5.73. The standard InChI is InChI=1S/C15H22N2O2/c1-11-3-5-14(6-4-11)19-10-12(2)17-9-13(8-16)7-15(17)18/h3-6,12-13H,7-10,16H2,1-2H3. The molecule has 19 heavy (non-hydrogen) atoms. The molecule has 1 heterocycles. The second kappa shape index (κ2) is 6.06. The van der Waals surface area contributed by atoms with E-state index in [1.165, 1.54) is 5.56 Å². The van der Waals surface area contributed by atoms with E-state index in [4.69, 9.17) is 10.5 Å². The van der Waals surface area contributed by atoms with Gasteiger partial charge in [0, 0.05) is 13.0 Å². The molecule has 1 aromatic rings. The molecule has 2 N–H and O–H groups in total. The van der Waals surface area contributed by atoms with Crippen LogP contribution in [0.1, 0.15) is 18.9 Å². The van der Waals surface area contributed by atoms with Crippen LogP contribution < -0.4 is 10.5 Å². The topological polar surface area (TPSA) is 55.6 Å². The average Bonchev–Trinajstić information content (AvgIpc) is 2.79. The van der Waals surface area contributed by atoms with Crippen molar-refractivity contribution in [1.29, 1.82) is 0 Å². The molecule has 2 unspecified atom stereocenters. The molecule has 0 radical (unpaired) electrons. The first-order valence-corrected chi connectivity index (χ1v) is 6.79. The summed E-state index contributed by atoms with van der Waals surface area (Å²) in [5.41, 5.74) is 6.84. The third kappa shape index (κ3) is 3.47. The van der Waals surface area contributed by atoms with Gasteiger partial charge in [0.05, 0.1) is 6.04 Å². The summed E-state index contributed by atoms with van der Waals surface area (Å²) in [6.07, 6.45) is 0.575. The van der Waals surface area contributed by atoms with Crippen LogP contribution >= 0.6 is 0 Å². The number of hydrogen-bond donors (Lipinski definition) is 1. The lowest BCUT2D eigenvalue weighted by Crippen LogP contribution is -2.38. The van der Waals surface area contributed by atoms with E-state index in [0.29, 0.717) is 25.5 Å². The highest BCUT2D eigenvalue weighted by Crippen LogP contribution is 2.20. The SMILES string of the molecule is Cc1ccc(OCC(C)N2CC(CN)CC2=O)cc1. The number of rotatable bonds is 5. The summed E-state index contributed by atoms with van der Waals surface area (Å²) in [5.74, 6) is 1.34. The molecule has 1 fully saturated rings. The van der Waals surface area contributed by atoms with E-state index in [-0.39, 0.29) is 11.9 Å². The molecule has 0 saturated carbocycles. The molecular weight excluding hydrogens is 240 g/mol. The van der Waals surface area contributed by atoms with Crippen molar-refractivity contribution in [2.75, 3.05) is 19.7 Å². The van der Waals surface area contributed by atoms with E-state index >= 15 is 0 Å². The van der Waals surface area contributed by atoms with Gasteiger partial charge in [-0.05, 0) is 38.4 Å². The Morgan fingerprint density at radius 3 is 2.68 bits per heavy atom. The zero-order valence-corrected chi connectivity index (χ0v) is 11.6. The van der Waals surface area contributed by atoms with Crippen LogP contribution in [0.2, 0.25) is 0 Å². The van der Waals surface area contributed by atoms with Crippen molar-refractivity contribution >= 4 is 5.91 Å². The van der Waals surface area contributed by atoms with Crippen molar-refractivity contribution in [2.45, 2.75) is 26.3 Å². The molecule has 1 aromatic carbocycles. The third-order valence-corrected chi connectivity index (χ3v) is 3.62. The Kier molecular flexibility index (Phi) is 4.43.